The van der Waals surface area contributed by atoms with Crippen molar-refractivity contribution in [1.29, 1.82) is 0 Å². The first-order chi connectivity index (χ1) is 4.77. The van der Waals surface area contributed by atoms with Crippen molar-refractivity contribution >= 4 is 8.17 Å². The lowest BCUT2D eigenvalue weighted by Crippen LogP contribution is -1.96. The summed E-state index contributed by atoms with van der Waals surface area (Å²) in [5.41, 5.74) is 0. The first-order valence-corrected chi connectivity index (χ1v) is 4.43. The van der Waals surface area contributed by atoms with Gasteiger partial charge in [0.2, 0.25) is 0 Å². The van der Waals surface area contributed by atoms with Crippen LogP contribution in [-0.4, -0.2) is 24.7 Å². The van der Waals surface area contributed by atoms with E-state index in [-0.39, 0.29) is 6.61 Å². The van der Waals surface area contributed by atoms with E-state index >= 15 is 0 Å². The molecule has 10 heavy (non-hydrogen) atoms. The second-order valence-electron chi connectivity index (χ2n) is 1.72. The lowest BCUT2D eigenvalue weighted by atomic mass is 10.7. The molecule has 1 N–H and O–H groups in total. The molecule has 4 nitrogen and oxygen atoms in total. The molecule has 0 aromatic rings. The van der Waals surface area contributed by atoms with Crippen molar-refractivity contribution in [2.24, 2.45) is 0 Å². The van der Waals surface area contributed by atoms with Gasteiger partial charge in [0.15, 0.2) is 0 Å². The molecule has 0 aromatic heterocycles. The van der Waals surface area contributed by atoms with E-state index in [4.69, 9.17) is 13.6 Å². The molecule has 0 saturated carbocycles. The number of hydrogen-bond donors (Lipinski definition) is 1. The van der Waals surface area contributed by atoms with E-state index in [1.165, 1.54) is 6.08 Å². The molecule has 0 amide bonds. The predicted octanol–water partition coefficient (Wildman–Crippen LogP) is 0.906. The smallest absolute Gasteiger partial charge is 0.168 e. The van der Waals surface area contributed by atoms with Crippen LogP contribution in [-0.2, 0) is 13.6 Å². The molecule has 0 spiro atoms. The van der Waals surface area contributed by atoms with E-state index in [2.05, 4.69) is 6.58 Å². The van der Waals surface area contributed by atoms with Gasteiger partial charge in [-0.05, 0) is 0 Å². The molecule has 1 rings (SSSR count). The van der Waals surface area contributed by atoms with Crippen LogP contribution in [0.1, 0.15) is 0 Å². The van der Waals surface area contributed by atoms with E-state index in [0.717, 1.165) is 0 Å². The Morgan fingerprint density at radius 3 is 2.70 bits per heavy atom. The summed E-state index contributed by atoms with van der Waals surface area (Å²) in [7, 11) is -2.91. The second kappa shape index (κ2) is 3.42. The minimum atomic E-state index is -2.91. The maximum absolute atomic E-state index is 9.22. The molecule has 1 saturated heterocycles. The first kappa shape index (κ1) is 8.11. The van der Waals surface area contributed by atoms with Crippen LogP contribution in [0.3, 0.4) is 0 Å². The Morgan fingerprint density at radius 1 is 1.60 bits per heavy atom. The van der Waals surface area contributed by atoms with Crippen LogP contribution in [0, 0.1) is 0 Å². The van der Waals surface area contributed by atoms with Crippen molar-refractivity contribution in [2.75, 3.05) is 19.8 Å². The minimum absolute atomic E-state index is 0.254. The Hall–Kier alpha value is 0.0100. The van der Waals surface area contributed by atoms with Gasteiger partial charge >= 0.3 is 8.17 Å². The molecule has 1 aliphatic heterocycles. The molecule has 0 aromatic carbocycles. The van der Waals surface area contributed by atoms with Gasteiger partial charge in [-0.3, -0.25) is 0 Å². The van der Waals surface area contributed by atoms with Crippen molar-refractivity contribution < 1.29 is 18.5 Å². The summed E-state index contributed by atoms with van der Waals surface area (Å²) in [5, 5.41) is 0. The summed E-state index contributed by atoms with van der Waals surface area (Å²) in [5.74, 6) is 0. The fraction of sp³-hybridized carbons (Fsp3) is 0.600. The van der Waals surface area contributed by atoms with Gasteiger partial charge in [-0.15, -0.1) is 11.1 Å². The SMILES string of the molecule is C=CCO[P+]1(O)OCCO1. The van der Waals surface area contributed by atoms with E-state index in [1.54, 1.807) is 0 Å². The molecular weight excluding hydrogens is 155 g/mol. The zero-order valence-electron chi connectivity index (χ0n) is 5.52. The van der Waals surface area contributed by atoms with Crippen molar-refractivity contribution in [2.45, 2.75) is 0 Å². The lowest BCUT2D eigenvalue weighted by molar-refractivity contribution is 0.169. The van der Waals surface area contributed by atoms with Crippen LogP contribution < -0.4 is 0 Å². The van der Waals surface area contributed by atoms with Gasteiger partial charge in [0.25, 0.3) is 0 Å². The monoisotopic (exact) mass is 165 g/mol. The molecule has 0 radical (unpaired) electrons. The average Bonchev–Trinajstić information content (AvgIpc) is 2.33. The summed E-state index contributed by atoms with van der Waals surface area (Å²) < 4.78 is 14.5. The highest BCUT2D eigenvalue weighted by atomic mass is 31.2. The average molecular weight is 165 g/mol. The van der Waals surface area contributed by atoms with Gasteiger partial charge in [0, 0.05) is 0 Å². The van der Waals surface area contributed by atoms with Gasteiger partial charge < -0.3 is 0 Å². The third-order valence-electron chi connectivity index (χ3n) is 0.948. The van der Waals surface area contributed by atoms with Crippen LogP contribution in [0.25, 0.3) is 0 Å². The van der Waals surface area contributed by atoms with Crippen LogP contribution >= 0.6 is 8.17 Å². The molecule has 5 heteroatoms. The Labute approximate surface area is 60.1 Å². The standard InChI is InChI=1S/C5H10O4P/c1-2-3-7-10(6)8-4-5-9-10/h2,6H,1,3-5H2/q+1. The molecule has 0 unspecified atom stereocenters. The minimum Gasteiger partial charge on any atom is -0.168 e. The zero-order valence-corrected chi connectivity index (χ0v) is 6.42. The fourth-order valence-corrected chi connectivity index (χ4v) is 1.69. The molecule has 0 bridgehead atoms. The number of hydrogen-bond acceptors (Lipinski definition) is 4. The largest absolute Gasteiger partial charge is 0.573 e. The van der Waals surface area contributed by atoms with E-state index < -0.39 is 8.17 Å². The molecule has 1 aliphatic rings. The Bertz CT molecular complexity index is 121. The second-order valence-corrected chi connectivity index (χ2v) is 3.43. The van der Waals surface area contributed by atoms with Gasteiger partial charge in [0.05, 0.1) is 0 Å². The predicted molar refractivity (Wildman–Crippen MR) is 37.2 cm³/mol. The molecule has 58 valence electrons. The molecule has 1 fully saturated rings. The van der Waals surface area contributed by atoms with Gasteiger partial charge in [-0.25, -0.2) is 0 Å². The van der Waals surface area contributed by atoms with Crippen molar-refractivity contribution in [3.63, 3.8) is 0 Å². The van der Waals surface area contributed by atoms with E-state index in [0.29, 0.717) is 13.2 Å². The van der Waals surface area contributed by atoms with Crippen molar-refractivity contribution in [1.82, 2.24) is 0 Å². The highest BCUT2D eigenvalue weighted by Crippen LogP contribution is 2.60. The summed E-state index contributed by atoms with van der Waals surface area (Å²) in [6.07, 6.45) is 1.53. The summed E-state index contributed by atoms with van der Waals surface area (Å²) in [6.45, 7) is 4.49. The van der Waals surface area contributed by atoms with Crippen LogP contribution in [0.15, 0.2) is 12.7 Å². The van der Waals surface area contributed by atoms with Crippen LogP contribution in [0.2, 0.25) is 0 Å². The van der Waals surface area contributed by atoms with Crippen LogP contribution in [0.4, 0.5) is 0 Å². The summed E-state index contributed by atoms with van der Waals surface area (Å²) in [6, 6.07) is 0. The topological polar surface area (TPSA) is 47.9 Å². The Morgan fingerprint density at radius 2 is 2.20 bits per heavy atom. The van der Waals surface area contributed by atoms with E-state index in [9.17, 15) is 4.89 Å². The van der Waals surface area contributed by atoms with Gasteiger partial charge in [0.1, 0.15) is 19.8 Å². The molecule has 1 heterocycles. The zero-order chi connectivity index (χ0) is 7.45. The third kappa shape index (κ3) is 2.01. The molecule has 0 aliphatic carbocycles. The summed E-state index contributed by atoms with van der Waals surface area (Å²) in [4.78, 5) is 9.22. The van der Waals surface area contributed by atoms with Crippen molar-refractivity contribution in [3.8, 4) is 0 Å². The third-order valence-corrected chi connectivity index (χ3v) is 2.44. The normalized spacial score (nSPS) is 22.9. The number of rotatable bonds is 3. The Balaban J connectivity index is 2.28. The molecular formula is C5H10O4P+. The maximum atomic E-state index is 9.22. The first-order valence-electron chi connectivity index (χ1n) is 2.93. The highest BCUT2D eigenvalue weighted by Gasteiger charge is 2.48. The molecule has 0 atom stereocenters. The van der Waals surface area contributed by atoms with E-state index in [1.807, 2.05) is 0 Å². The lowest BCUT2D eigenvalue weighted by Gasteiger charge is -2.03. The Kier molecular flexibility index (Phi) is 2.77. The fourth-order valence-electron chi connectivity index (χ4n) is 0.564. The quantitative estimate of drug-likeness (QED) is 0.498. The highest BCUT2D eigenvalue weighted by molar-refractivity contribution is 7.55. The van der Waals surface area contributed by atoms with Gasteiger partial charge in [-0.1, -0.05) is 6.08 Å². The van der Waals surface area contributed by atoms with Crippen LogP contribution in [0.5, 0.6) is 0 Å². The summed E-state index contributed by atoms with van der Waals surface area (Å²) >= 11 is 0. The van der Waals surface area contributed by atoms with Crippen molar-refractivity contribution in [3.05, 3.63) is 12.7 Å². The van der Waals surface area contributed by atoms with Gasteiger partial charge in [-0.2, -0.15) is 13.9 Å². The maximum Gasteiger partial charge on any atom is 0.573 e.